The molecule has 0 saturated carbocycles. The summed E-state index contributed by atoms with van der Waals surface area (Å²) in [6.45, 7) is 2.01. The second-order valence-corrected chi connectivity index (χ2v) is 5.62. The Hall–Kier alpha value is -2.62. The van der Waals surface area contributed by atoms with Crippen molar-refractivity contribution in [3.05, 3.63) is 59.7 Å². The van der Waals surface area contributed by atoms with E-state index >= 15 is 0 Å². The summed E-state index contributed by atoms with van der Waals surface area (Å²) in [4.78, 5) is 26.3. The van der Waals surface area contributed by atoms with E-state index in [0.29, 0.717) is 0 Å². The van der Waals surface area contributed by atoms with Gasteiger partial charge >= 0.3 is 0 Å². The van der Waals surface area contributed by atoms with Gasteiger partial charge < -0.3 is 10.2 Å². The van der Waals surface area contributed by atoms with Crippen LogP contribution in [0.3, 0.4) is 0 Å². The minimum Gasteiger partial charge on any atom is -0.326 e. The molecule has 1 aliphatic heterocycles. The van der Waals surface area contributed by atoms with Crippen LogP contribution in [0.15, 0.2) is 48.5 Å². The average Bonchev–Trinajstić information content (AvgIpc) is 2.53. The van der Waals surface area contributed by atoms with Crippen molar-refractivity contribution < 1.29 is 9.59 Å². The van der Waals surface area contributed by atoms with E-state index in [2.05, 4.69) is 5.32 Å². The number of hydrogen-bond acceptors (Lipinski definition) is 2. The second kappa shape index (κ2) is 5.64. The second-order valence-electron chi connectivity index (χ2n) is 5.62. The van der Waals surface area contributed by atoms with Crippen molar-refractivity contribution in [3.63, 3.8) is 0 Å². The highest BCUT2D eigenvalue weighted by Crippen LogP contribution is 2.34. The van der Waals surface area contributed by atoms with E-state index in [9.17, 15) is 9.59 Å². The Labute approximate surface area is 129 Å². The molecule has 2 amide bonds. The molecule has 0 unspecified atom stereocenters. The number of carbonyl (C=O) groups excluding carboxylic acids is 2. The fourth-order valence-corrected chi connectivity index (χ4v) is 2.76. The number of carbonyl (C=O) groups is 2. The number of nitrogens with one attached hydrogen (secondary N) is 1. The van der Waals surface area contributed by atoms with Crippen LogP contribution in [0.4, 0.5) is 11.4 Å². The zero-order valence-corrected chi connectivity index (χ0v) is 12.7. The van der Waals surface area contributed by atoms with Crippen LogP contribution in [0.25, 0.3) is 0 Å². The summed E-state index contributed by atoms with van der Waals surface area (Å²) >= 11 is 0. The molecule has 2 aromatic carbocycles. The summed E-state index contributed by atoms with van der Waals surface area (Å²) in [6, 6.07) is 15.3. The predicted octanol–water partition coefficient (Wildman–Crippen LogP) is 3.08. The predicted molar refractivity (Wildman–Crippen MR) is 87.0 cm³/mol. The van der Waals surface area contributed by atoms with Gasteiger partial charge in [0.2, 0.25) is 11.8 Å². The molecule has 1 aliphatic rings. The average molecular weight is 294 g/mol. The largest absolute Gasteiger partial charge is 0.326 e. The molecule has 3 rings (SSSR count). The summed E-state index contributed by atoms with van der Waals surface area (Å²) in [5.74, 6) is -0.614. The standard InChI is InChI=1S/C18H18N2O2/c1-12-7-9-13(10-8-12)20(2)18(22)15-11-17(21)19-16-6-4-3-5-14(15)16/h3-10,15H,11H2,1-2H3,(H,19,21)/t15-/m0/s1. The molecule has 1 heterocycles. The molecule has 0 bridgehead atoms. The Morgan fingerprint density at radius 2 is 1.82 bits per heavy atom. The van der Waals surface area contributed by atoms with E-state index < -0.39 is 5.92 Å². The molecule has 2 aromatic rings. The van der Waals surface area contributed by atoms with Crippen molar-refractivity contribution in [2.45, 2.75) is 19.3 Å². The van der Waals surface area contributed by atoms with Gasteiger partial charge in [-0.2, -0.15) is 0 Å². The maximum absolute atomic E-state index is 12.8. The fraction of sp³-hybridized carbons (Fsp3) is 0.222. The molecular formula is C18H18N2O2. The van der Waals surface area contributed by atoms with Crippen LogP contribution >= 0.6 is 0 Å². The van der Waals surface area contributed by atoms with Gasteiger partial charge in [-0.05, 0) is 30.7 Å². The lowest BCUT2D eigenvalue weighted by molar-refractivity contribution is -0.124. The normalized spacial score (nSPS) is 16.6. The molecule has 22 heavy (non-hydrogen) atoms. The molecule has 4 heteroatoms. The van der Waals surface area contributed by atoms with Crippen LogP contribution in [0.1, 0.15) is 23.5 Å². The molecular weight excluding hydrogens is 276 g/mol. The zero-order chi connectivity index (χ0) is 15.7. The third-order valence-electron chi connectivity index (χ3n) is 4.05. The van der Waals surface area contributed by atoms with Gasteiger partial charge in [0, 0.05) is 24.8 Å². The third kappa shape index (κ3) is 2.60. The van der Waals surface area contributed by atoms with Crippen molar-refractivity contribution >= 4 is 23.2 Å². The van der Waals surface area contributed by atoms with Crippen molar-refractivity contribution in [2.24, 2.45) is 0 Å². The lowest BCUT2D eigenvalue weighted by atomic mass is 9.89. The first kappa shape index (κ1) is 14.3. The van der Waals surface area contributed by atoms with Crippen LogP contribution < -0.4 is 10.2 Å². The number of aryl methyl sites for hydroxylation is 1. The molecule has 1 N–H and O–H groups in total. The van der Waals surface area contributed by atoms with Gasteiger partial charge in [-0.15, -0.1) is 0 Å². The van der Waals surface area contributed by atoms with Crippen LogP contribution in [-0.2, 0) is 9.59 Å². The maximum Gasteiger partial charge on any atom is 0.234 e. The highest BCUT2D eigenvalue weighted by Gasteiger charge is 2.32. The Kier molecular flexibility index (Phi) is 3.67. The van der Waals surface area contributed by atoms with Crippen molar-refractivity contribution in [1.29, 1.82) is 0 Å². The number of benzene rings is 2. The molecule has 1 atom stereocenters. The summed E-state index contributed by atoms with van der Waals surface area (Å²) in [5, 5.41) is 2.82. The van der Waals surface area contributed by atoms with E-state index in [4.69, 9.17) is 0 Å². The first-order valence-corrected chi connectivity index (χ1v) is 7.29. The number of rotatable bonds is 2. The van der Waals surface area contributed by atoms with Crippen LogP contribution in [0, 0.1) is 6.92 Å². The quantitative estimate of drug-likeness (QED) is 0.925. The molecule has 0 radical (unpaired) electrons. The molecule has 0 aromatic heterocycles. The molecule has 0 aliphatic carbocycles. The Morgan fingerprint density at radius 1 is 1.14 bits per heavy atom. The number of fused-ring (bicyclic) bond motifs is 1. The third-order valence-corrected chi connectivity index (χ3v) is 4.05. The Balaban J connectivity index is 1.91. The Bertz CT molecular complexity index is 722. The summed E-state index contributed by atoms with van der Waals surface area (Å²) in [6.07, 6.45) is 0.187. The number of nitrogens with zero attached hydrogens (tertiary/aromatic N) is 1. The Morgan fingerprint density at radius 3 is 2.55 bits per heavy atom. The van der Waals surface area contributed by atoms with E-state index in [0.717, 1.165) is 22.5 Å². The topological polar surface area (TPSA) is 49.4 Å². The smallest absolute Gasteiger partial charge is 0.234 e. The van der Waals surface area contributed by atoms with E-state index in [-0.39, 0.29) is 18.2 Å². The summed E-state index contributed by atoms with van der Waals surface area (Å²) in [5.41, 5.74) is 3.59. The number of para-hydroxylation sites is 1. The minimum absolute atomic E-state index is 0.0637. The van der Waals surface area contributed by atoms with Gasteiger partial charge in [0.25, 0.3) is 0 Å². The van der Waals surface area contributed by atoms with E-state index in [1.54, 1.807) is 11.9 Å². The molecule has 4 nitrogen and oxygen atoms in total. The number of amides is 2. The van der Waals surface area contributed by atoms with Gasteiger partial charge in [-0.1, -0.05) is 35.9 Å². The van der Waals surface area contributed by atoms with Gasteiger partial charge in [-0.25, -0.2) is 0 Å². The summed E-state index contributed by atoms with van der Waals surface area (Å²) in [7, 11) is 1.75. The van der Waals surface area contributed by atoms with E-state index in [1.165, 1.54) is 0 Å². The van der Waals surface area contributed by atoms with Crippen LogP contribution in [0.2, 0.25) is 0 Å². The molecule has 112 valence electrons. The zero-order valence-electron chi connectivity index (χ0n) is 12.7. The van der Waals surface area contributed by atoms with Crippen LogP contribution in [-0.4, -0.2) is 18.9 Å². The van der Waals surface area contributed by atoms with Gasteiger partial charge in [-0.3, -0.25) is 9.59 Å². The van der Waals surface area contributed by atoms with Gasteiger partial charge in [0.1, 0.15) is 0 Å². The van der Waals surface area contributed by atoms with Crippen molar-refractivity contribution in [2.75, 3.05) is 17.3 Å². The van der Waals surface area contributed by atoms with Gasteiger partial charge in [0.05, 0.1) is 5.92 Å². The highest BCUT2D eigenvalue weighted by atomic mass is 16.2. The molecule has 0 saturated heterocycles. The SMILES string of the molecule is Cc1ccc(N(C)C(=O)[C@H]2CC(=O)Nc3ccccc32)cc1. The monoisotopic (exact) mass is 294 g/mol. The lowest BCUT2D eigenvalue weighted by Gasteiger charge is -2.28. The lowest BCUT2D eigenvalue weighted by Crippen LogP contribution is -2.36. The molecule has 0 fully saturated rings. The summed E-state index contributed by atoms with van der Waals surface area (Å²) < 4.78 is 0. The minimum atomic E-state index is -0.434. The van der Waals surface area contributed by atoms with Gasteiger partial charge in [0.15, 0.2) is 0 Å². The number of hydrogen-bond donors (Lipinski definition) is 1. The molecule has 0 spiro atoms. The first-order valence-electron chi connectivity index (χ1n) is 7.29. The highest BCUT2D eigenvalue weighted by molar-refractivity contribution is 6.05. The van der Waals surface area contributed by atoms with E-state index in [1.807, 2.05) is 55.5 Å². The maximum atomic E-state index is 12.8. The number of likely N-dealkylation sites (N-methyl/N-ethyl adjacent to an activating group) is 1. The first-order chi connectivity index (χ1) is 10.6. The van der Waals surface area contributed by atoms with Crippen molar-refractivity contribution in [3.8, 4) is 0 Å². The number of anilines is 2. The fourth-order valence-electron chi connectivity index (χ4n) is 2.76. The van der Waals surface area contributed by atoms with Crippen LogP contribution in [0.5, 0.6) is 0 Å². The van der Waals surface area contributed by atoms with Crippen molar-refractivity contribution in [1.82, 2.24) is 0 Å².